The monoisotopic (exact) mass is 284 g/mol. The van der Waals surface area contributed by atoms with Gasteiger partial charge in [-0.25, -0.2) is 0 Å². The lowest BCUT2D eigenvalue weighted by Crippen LogP contribution is -2.51. The van der Waals surface area contributed by atoms with Crippen LogP contribution < -0.4 is 0 Å². The van der Waals surface area contributed by atoms with Crippen molar-refractivity contribution in [1.29, 1.82) is 5.26 Å². The number of benzene rings is 1. The van der Waals surface area contributed by atoms with E-state index in [0.29, 0.717) is 12.0 Å². The summed E-state index contributed by atoms with van der Waals surface area (Å²) in [4.78, 5) is 2.45. The summed E-state index contributed by atoms with van der Waals surface area (Å²) in [7, 11) is 2.20. The van der Waals surface area contributed by atoms with E-state index in [1.807, 2.05) is 0 Å². The molecule has 1 saturated carbocycles. The van der Waals surface area contributed by atoms with Gasteiger partial charge in [0.2, 0.25) is 0 Å². The van der Waals surface area contributed by atoms with Crippen LogP contribution in [0.2, 0.25) is 0 Å². The molecule has 0 aromatic heterocycles. The smallest absolute Gasteiger partial charge is 0.0672 e. The molecule has 0 aliphatic heterocycles. The molecule has 2 nitrogen and oxygen atoms in total. The first-order chi connectivity index (χ1) is 9.99. The third kappa shape index (κ3) is 3.47. The maximum absolute atomic E-state index is 9.53. The molecule has 1 fully saturated rings. The molecule has 2 heteroatoms. The highest BCUT2D eigenvalue weighted by atomic mass is 15.2. The fourth-order valence-electron chi connectivity index (χ4n) is 3.45. The molecule has 0 saturated heterocycles. The summed E-state index contributed by atoms with van der Waals surface area (Å²) >= 11 is 0. The number of hydrogen-bond donors (Lipinski definition) is 0. The lowest BCUT2D eigenvalue weighted by Gasteiger charge is -2.46. The number of hydrogen-bond acceptors (Lipinski definition) is 2. The average molecular weight is 284 g/mol. The predicted octanol–water partition coefficient (Wildman–Crippen LogP) is 4.58. The zero-order chi connectivity index (χ0) is 15.5. The molecule has 0 spiro atoms. The standard InChI is InChI=1S/C19H28N2/c1-5-19(2,3)21(4)18-13-16(11-12-17(18)14-20)15-9-7-6-8-10-15/h6-10,16-18H,5,11-13H2,1-4H3. The van der Waals surface area contributed by atoms with E-state index in [9.17, 15) is 5.26 Å². The second-order valence-electron chi connectivity index (χ2n) is 7.00. The Morgan fingerprint density at radius 2 is 1.90 bits per heavy atom. The Bertz CT molecular complexity index is 486. The van der Waals surface area contributed by atoms with E-state index < -0.39 is 0 Å². The molecule has 0 radical (unpaired) electrons. The summed E-state index contributed by atoms with van der Waals surface area (Å²) in [5.74, 6) is 0.761. The first kappa shape index (κ1) is 16.0. The van der Waals surface area contributed by atoms with Crippen LogP contribution in [0.15, 0.2) is 30.3 Å². The third-order valence-corrected chi connectivity index (χ3v) is 5.57. The van der Waals surface area contributed by atoms with Gasteiger partial charge in [0.05, 0.1) is 12.0 Å². The van der Waals surface area contributed by atoms with Crippen molar-refractivity contribution >= 4 is 0 Å². The molecule has 1 aromatic rings. The van der Waals surface area contributed by atoms with E-state index in [-0.39, 0.29) is 11.5 Å². The Kier molecular flexibility index (Phi) is 5.06. The summed E-state index contributed by atoms with van der Waals surface area (Å²) in [6.45, 7) is 6.80. The summed E-state index contributed by atoms with van der Waals surface area (Å²) in [6.07, 6.45) is 4.36. The highest BCUT2D eigenvalue weighted by Gasteiger charge is 2.38. The maximum Gasteiger partial charge on any atom is 0.0672 e. The Balaban J connectivity index is 2.19. The van der Waals surface area contributed by atoms with Crippen molar-refractivity contribution in [2.45, 2.75) is 64.0 Å². The summed E-state index contributed by atoms with van der Waals surface area (Å²) in [6, 6.07) is 13.7. The molecule has 114 valence electrons. The van der Waals surface area contributed by atoms with Gasteiger partial charge in [0.1, 0.15) is 0 Å². The molecule has 1 aliphatic rings. The predicted molar refractivity (Wildman–Crippen MR) is 88.1 cm³/mol. The molecular weight excluding hydrogens is 256 g/mol. The SMILES string of the molecule is CCC(C)(C)N(C)C1CC(c2ccccc2)CCC1C#N. The van der Waals surface area contributed by atoms with Crippen molar-refractivity contribution < 1.29 is 0 Å². The Hall–Kier alpha value is -1.33. The lowest BCUT2D eigenvalue weighted by atomic mass is 9.74. The quantitative estimate of drug-likeness (QED) is 0.809. The van der Waals surface area contributed by atoms with Gasteiger partial charge in [-0.05, 0) is 58.1 Å². The van der Waals surface area contributed by atoms with Crippen LogP contribution in [-0.4, -0.2) is 23.5 Å². The van der Waals surface area contributed by atoms with Gasteiger partial charge in [-0.1, -0.05) is 37.3 Å². The van der Waals surface area contributed by atoms with Gasteiger partial charge >= 0.3 is 0 Å². The number of nitriles is 1. The van der Waals surface area contributed by atoms with E-state index in [2.05, 4.69) is 69.1 Å². The molecule has 1 aromatic carbocycles. The second kappa shape index (κ2) is 6.62. The van der Waals surface area contributed by atoms with Crippen molar-refractivity contribution in [2.75, 3.05) is 7.05 Å². The first-order valence-corrected chi connectivity index (χ1v) is 8.17. The molecular formula is C19H28N2. The molecule has 3 unspecified atom stereocenters. The van der Waals surface area contributed by atoms with Gasteiger partial charge in [0.15, 0.2) is 0 Å². The molecule has 2 rings (SSSR count). The topological polar surface area (TPSA) is 27.0 Å². The van der Waals surface area contributed by atoms with E-state index in [4.69, 9.17) is 0 Å². The van der Waals surface area contributed by atoms with Crippen molar-refractivity contribution in [2.24, 2.45) is 5.92 Å². The van der Waals surface area contributed by atoms with E-state index in [1.165, 1.54) is 5.56 Å². The molecule has 0 heterocycles. The fourth-order valence-corrected chi connectivity index (χ4v) is 3.45. The minimum Gasteiger partial charge on any atom is -0.297 e. The van der Waals surface area contributed by atoms with Gasteiger partial charge in [-0.15, -0.1) is 0 Å². The van der Waals surface area contributed by atoms with Gasteiger partial charge in [-0.3, -0.25) is 4.90 Å². The molecule has 3 atom stereocenters. The molecule has 0 N–H and O–H groups in total. The Labute approximate surface area is 129 Å². The largest absolute Gasteiger partial charge is 0.297 e. The van der Waals surface area contributed by atoms with Crippen LogP contribution in [0.5, 0.6) is 0 Å². The van der Waals surface area contributed by atoms with E-state index in [1.54, 1.807) is 0 Å². The van der Waals surface area contributed by atoms with E-state index in [0.717, 1.165) is 25.7 Å². The zero-order valence-electron chi connectivity index (χ0n) is 13.8. The molecule has 1 aliphatic carbocycles. The number of nitrogens with zero attached hydrogens (tertiary/aromatic N) is 2. The summed E-state index contributed by atoms with van der Waals surface area (Å²) in [5.41, 5.74) is 1.58. The Morgan fingerprint density at radius 1 is 1.24 bits per heavy atom. The van der Waals surface area contributed by atoms with Crippen LogP contribution in [0.1, 0.15) is 57.9 Å². The number of rotatable bonds is 4. The van der Waals surface area contributed by atoms with Crippen LogP contribution in [0.4, 0.5) is 0 Å². The van der Waals surface area contributed by atoms with Crippen molar-refractivity contribution in [3.05, 3.63) is 35.9 Å². The Morgan fingerprint density at radius 3 is 2.48 bits per heavy atom. The van der Waals surface area contributed by atoms with Gasteiger partial charge in [0, 0.05) is 11.6 Å². The van der Waals surface area contributed by atoms with Crippen molar-refractivity contribution in [3.8, 4) is 6.07 Å². The highest BCUT2D eigenvalue weighted by molar-refractivity contribution is 5.21. The molecule has 21 heavy (non-hydrogen) atoms. The summed E-state index contributed by atoms with van der Waals surface area (Å²) < 4.78 is 0. The van der Waals surface area contributed by atoms with Gasteiger partial charge in [0.25, 0.3) is 0 Å². The van der Waals surface area contributed by atoms with Crippen LogP contribution in [0.3, 0.4) is 0 Å². The minimum atomic E-state index is 0.151. The zero-order valence-corrected chi connectivity index (χ0v) is 13.8. The lowest BCUT2D eigenvalue weighted by molar-refractivity contribution is 0.0502. The van der Waals surface area contributed by atoms with Crippen LogP contribution in [-0.2, 0) is 0 Å². The maximum atomic E-state index is 9.53. The van der Waals surface area contributed by atoms with Gasteiger partial charge < -0.3 is 0 Å². The van der Waals surface area contributed by atoms with Crippen molar-refractivity contribution in [1.82, 2.24) is 4.90 Å². The fraction of sp³-hybridized carbons (Fsp3) is 0.632. The third-order valence-electron chi connectivity index (χ3n) is 5.57. The summed E-state index contributed by atoms with van der Waals surface area (Å²) in [5, 5.41) is 9.53. The van der Waals surface area contributed by atoms with E-state index >= 15 is 0 Å². The van der Waals surface area contributed by atoms with Crippen LogP contribution >= 0.6 is 0 Å². The van der Waals surface area contributed by atoms with Crippen molar-refractivity contribution in [3.63, 3.8) is 0 Å². The minimum absolute atomic E-state index is 0.151. The molecule has 0 amide bonds. The molecule has 0 bridgehead atoms. The first-order valence-electron chi connectivity index (χ1n) is 8.17. The normalized spacial score (nSPS) is 26.6. The van der Waals surface area contributed by atoms with Crippen LogP contribution in [0, 0.1) is 17.2 Å². The van der Waals surface area contributed by atoms with Gasteiger partial charge in [-0.2, -0.15) is 5.26 Å². The second-order valence-corrected chi connectivity index (χ2v) is 7.00. The average Bonchev–Trinajstić information content (AvgIpc) is 2.54. The van der Waals surface area contributed by atoms with Crippen LogP contribution in [0.25, 0.3) is 0 Å². The highest BCUT2D eigenvalue weighted by Crippen LogP contribution is 2.39.